The predicted molar refractivity (Wildman–Crippen MR) is 92.3 cm³/mol. The van der Waals surface area contributed by atoms with E-state index in [1.54, 1.807) is 0 Å². The molecular formula is C16H18ClN3O2S. The van der Waals surface area contributed by atoms with Gasteiger partial charge >= 0.3 is 0 Å². The second-order valence-corrected chi connectivity index (χ2v) is 5.86. The number of halogens is 1. The molecule has 0 fully saturated rings. The molecule has 1 amide bonds. The molecule has 2 aromatic rings. The number of hydrogen-bond acceptors (Lipinski definition) is 5. The number of amides is 1. The number of rotatable bonds is 8. The Balaban J connectivity index is 1.69. The predicted octanol–water partition coefficient (Wildman–Crippen LogP) is 3.44. The van der Waals surface area contributed by atoms with Gasteiger partial charge in [0, 0.05) is 6.54 Å². The summed E-state index contributed by atoms with van der Waals surface area (Å²) in [6.45, 7) is 1.16. The zero-order valence-electron chi connectivity index (χ0n) is 12.8. The average Bonchev–Trinajstić information content (AvgIpc) is 2.59. The molecule has 1 heterocycles. The van der Waals surface area contributed by atoms with Crippen molar-refractivity contribution >= 4 is 29.3 Å². The van der Waals surface area contributed by atoms with Crippen LogP contribution in [0.2, 0.25) is 5.02 Å². The molecule has 1 aromatic heterocycles. The topological polar surface area (TPSA) is 64.1 Å². The fourth-order valence-corrected chi connectivity index (χ4v) is 2.35. The number of para-hydroxylation sites is 1. The number of ether oxygens (including phenoxy) is 1. The van der Waals surface area contributed by atoms with Crippen LogP contribution >= 0.6 is 23.4 Å². The lowest BCUT2D eigenvalue weighted by Crippen LogP contribution is -2.26. The molecule has 1 aromatic carbocycles. The summed E-state index contributed by atoms with van der Waals surface area (Å²) in [5.41, 5.74) is 0.214. The Kier molecular flexibility index (Phi) is 7.16. The number of nitrogens with one attached hydrogen (secondary N) is 1. The average molecular weight is 352 g/mol. The normalized spacial score (nSPS) is 10.3. The smallest absolute Gasteiger partial charge is 0.271 e. The van der Waals surface area contributed by atoms with E-state index < -0.39 is 0 Å². The number of aromatic nitrogens is 2. The third kappa shape index (κ3) is 5.73. The highest BCUT2D eigenvalue weighted by atomic mass is 35.5. The van der Waals surface area contributed by atoms with Crippen molar-refractivity contribution in [3.63, 3.8) is 0 Å². The van der Waals surface area contributed by atoms with Crippen molar-refractivity contribution in [3.05, 3.63) is 47.2 Å². The van der Waals surface area contributed by atoms with Crippen LogP contribution < -0.4 is 10.1 Å². The van der Waals surface area contributed by atoms with E-state index in [0.29, 0.717) is 18.3 Å². The largest absolute Gasteiger partial charge is 0.494 e. The van der Waals surface area contributed by atoms with E-state index in [1.807, 2.05) is 36.6 Å². The molecule has 0 bridgehead atoms. The van der Waals surface area contributed by atoms with Gasteiger partial charge in [0.05, 0.1) is 17.8 Å². The minimum atomic E-state index is -0.281. The molecule has 0 radical (unpaired) electrons. The van der Waals surface area contributed by atoms with E-state index in [4.69, 9.17) is 16.3 Å². The van der Waals surface area contributed by atoms with Gasteiger partial charge in [-0.05, 0) is 31.2 Å². The van der Waals surface area contributed by atoms with Gasteiger partial charge in [-0.25, -0.2) is 9.97 Å². The summed E-state index contributed by atoms with van der Waals surface area (Å²) in [5.74, 6) is 0.575. The van der Waals surface area contributed by atoms with Crippen molar-refractivity contribution < 1.29 is 9.53 Å². The van der Waals surface area contributed by atoms with E-state index in [-0.39, 0.29) is 16.6 Å². The van der Waals surface area contributed by atoms with E-state index in [9.17, 15) is 4.79 Å². The van der Waals surface area contributed by atoms with Crippen molar-refractivity contribution in [2.45, 2.75) is 18.0 Å². The molecule has 7 heteroatoms. The van der Waals surface area contributed by atoms with Gasteiger partial charge < -0.3 is 10.1 Å². The molecule has 5 nitrogen and oxygen atoms in total. The van der Waals surface area contributed by atoms with Crippen LogP contribution in [0.5, 0.6) is 5.75 Å². The number of benzene rings is 1. The molecule has 1 N–H and O–H groups in total. The lowest BCUT2D eigenvalue weighted by atomic mass is 10.3. The Morgan fingerprint density at radius 2 is 2.09 bits per heavy atom. The number of nitrogens with zero attached hydrogens (tertiary/aromatic N) is 2. The van der Waals surface area contributed by atoms with Crippen LogP contribution in [0.15, 0.2) is 41.7 Å². The molecule has 0 aliphatic carbocycles. The summed E-state index contributed by atoms with van der Waals surface area (Å²) in [6.07, 6.45) is 4.96. The summed E-state index contributed by atoms with van der Waals surface area (Å²) in [7, 11) is 0. The molecule has 122 valence electrons. The SMILES string of the molecule is CSc1ncc(Cl)c(C(=O)NCCCCOc2ccccc2)n1. The minimum absolute atomic E-state index is 0.214. The number of carbonyl (C=O) groups is 1. The van der Waals surface area contributed by atoms with Crippen molar-refractivity contribution in [2.75, 3.05) is 19.4 Å². The fourth-order valence-electron chi connectivity index (χ4n) is 1.83. The molecule has 23 heavy (non-hydrogen) atoms. The Hall–Kier alpha value is -1.79. The summed E-state index contributed by atoms with van der Waals surface area (Å²) in [4.78, 5) is 20.2. The van der Waals surface area contributed by atoms with E-state index in [0.717, 1.165) is 18.6 Å². The summed E-state index contributed by atoms with van der Waals surface area (Å²) >= 11 is 7.33. The van der Waals surface area contributed by atoms with Crippen LogP contribution in [0.1, 0.15) is 23.3 Å². The molecular weight excluding hydrogens is 334 g/mol. The highest BCUT2D eigenvalue weighted by molar-refractivity contribution is 7.98. The number of unbranched alkanes of at least 4 members (excludes halogenated alkanes) is 1. The van der Waals surface area contributed by atoms with Crippen molar-refractivity contribution in [3.8, 4) is 5.75 Å². The van der Waals surface area contributed by atoms with Gasteiger partial charge in [0.1, 0.15) is 5.75 Å². The third-order valence-corrected chi connectivity index (χ3v) is 3.83. The molecule has 0 saturated heterocycles. The minimum Gasteiger partial charge on any atom is -0.494 e. The summed E-state index contributed by atoms with van der Waals surface area (Å²) < 4.78 is 5.59. The second-order valence-electron chi connectivity index (χ2n) is 4.68. The van der Waals surface area contributed by atoms with Crippen molar-refractivity contribution in [1.82, 2.24) is 15.3 Å². The molecule has 0 aliphatic rings. The quantitative estimate of drug-likeness (QED) is 0.448. The number of thioether (sulfide) groups is 1. The molecule has 2 rings (SSSR count). The van der Waals surface area contributed by atoms with Crippen LogP contribution in [0.3, 0.4) is 0 Å². The molecule has 0 spiro atoms. The van der Waals surface area contributed by atoms with E-state index in [1.165, 1.54) is 18.0 Å². The summed E-state index contributed by atoms with van der Waals surface area (Å²) in [5, 5.41) is 3.59. The Bertz CT molecular complexity index is 640. The third-order valence-electron chi connectivity index (χ3n) is 2.99. The number of carbonyl (C=O) groups excluding carboxylic acids is 1. The highest BCUT2D eigenvalue weighted by Crippen LogP contribution is 2.16. The Morgan fingerprint density at radius 1 is 1.30 bits per heavy atom. The lowest BCUT2D eigenvalue weighted by molar-refractivity contribution is 0.0946. The zero-order valence-corrected chi connectivity index (χ0v) is 14.4. The van der Waals surface area contributed by atoms with E-state index >= 15 is 0 Å². The van der Waals surface area contributed by atoms with Gasteiger partial charge in [0.15, 0.2) is 10.9 Å². The van der Waals surface area contributed by atoms with Crippen LogP contribution in [0, 0.1) is 0 Å². The van der Waals surface area contributed by atoms with Crippen molar-refractivity contribution in [2.24, 2.45) is 0 Å². The first-order valence-electron chi connectivity index (χ1n) is 7.23. The van der Waals surface area contributed by atoms with Gasteiger partial charge in [-0.2, -0.15) is 0 Å². The maximum absolute atomic E-state index is 12.1. The van der Waals surface area contributed by atoms with Crippen LogP contribution in [0.25, 0.3) is 0 Å². The van der Waals surface area contributed by atoms with Gasteiger partial charge in [-0.15, -0.1) is 0 Å². The first-order chi connectivity index (χ1) is 11.2. The zero-order chi connectivity index (χ0) is 16.5. The van der Waals surface area contributed by atoms with Crippen LogP contribution in [0.4, 0.5) is 0 Å². The maximum Gasteiger partial charge on any atom is 0.271 e. The van der Waals surface area contributed by atoms with Crippen molar-refractivity contribution in [1.29, 1.82) is 0 Å². The molecule has 0 unspecified atom stereocenters. The van der Waals surface area contributed by atoms with Gasteiger partial charge in [0.2, 0.25) is 0 Å². The lowest BCUT2D eigenvalue weighted by Gasteiger charge is -2.08. The Morgan fingerprint density at radius 3 is 2.83 bits per heavy atom. The first kappa shape index (κ1) is 17.6. The molecule has 0 saturated carbocycles. The number of hydrogen-bond donors (Lipinski definition) is 1. The van der Waals surface area contributed by atoms with E-state index in [2.05, 4.69) is 15.3 Å². The van der Waals surface area contributed by atoms with Crippen LogP contribution in [-0.4, -0.2) is 35.3 Å². The monoisotopic (exact) mass is 351 g/mol. The Labute approximate surface area is 144 Å². The van der Waals surface area contributed by atoms with Gasteiger partial charge in [-0.1, -0.05) is 41.6 Å². The van der Waals surface area contributed by atoms with Crippen LogP contribution in [-0.2, 0) is 0 Å². The maximum atomic E-state index is 12.1. The first-order valence-corrected chi connectivity index (χ1v) is 8.83. The van der Waals surface area contributed by atoms with Gasteiger partial charge in [-0.3, -0.25) is 4.79 Å². The van der Waals surface area contributed by atoms with Gasteiger partial charge in [0.25, 0.3) is 5.91 Å². The molecule has 0 atom stereocenters. The second kappa shape index (κ2) is 9.37. The fraction of sp³-hybridized carbons (Fsp3) is 0.312. The highest BCUT2D eigenvalue weighted by Gasteiger charge is 2.13. The summed E-state index contributed by atoms with van der Waals surface area (Å²) in [6, 6.07) is 9.65. The standard InChI is InChI=1S/C16H18ClN3O2S/c1-23-16-19-11-13(17)14(20-16)15(21)18-9-5-6-10-22-12-7-3-2-4-8-12/h2-4,7-8,11H,5-6,9-10H2,1H3,(H,18,21). The molecule has 0 aliphatic heterocycles.